The first-order chi connectivity index (χ1) is 14.2. The molecule has 7 nitrogen and oxygen atoms in total. The molecule has 2 rings (SSSR count). The van der Waals surface area contributed by atoms with Crippen molar-refractivity contribution >= 4 is 29.9 Å². The molecule has 0 spiro atoms. The van der Waals surface area contributed by atoms with Gasteiger partial charge in [0, 0.05) is 38.9 Å². The van der Waals surface area contributed by atoms with E-state index < -0.39 is 0 Å². The van der Waals surface area contributed by atoms with Crippen LogP contribution in [0.5, 0.6) is 5.75 Å². The molecule has 1 aromatic carbocycles. The Morgan fingerprint density at radius 1 is 1.10 bits per heavy atom. The van der Waals surface area contributed by atoms with Gasteiger partial charge in [0.1, 0.15) is 24.7 Å². The maximum atomic E-state index is 5.89. The first kappa shape index (κ1) is 26.3. The summed E-state index contributed by atoms with van der Waals surface area (Å²) in [5, 5.41) is 6.63. The molecule has 0 bridgehead atoms. The van der Waals surface area contributed by atoms with Gasteiger partial charge < -0.3 is 29.3 Å². The lowest BCUT2D eigenvalue weighted by molar-refractivity contribution is 0.105. The van der Waals surface area contributed by atoms with Crippen LogP contribution in [0.1, 0.15) is 30.2 Å². The van der Waals surface area contributed by atoms with E-state index in [1.807, 2.05) is 19.1 Å². The first-order valence-electron chi connectivity index (χ1n) is 10.1. The highest BCUT2D eigenvalue weighted by Gasteiger charge is 2.06. The number of nitrogens with one attached hydrogen (secondary N) is 2. The average Bonchev–Trinajstić information content (AvgIpc) is 3.24. The molecular formula is C22H34IN3O4. The summed E-state index contributed by atoms with van der Waals surface area (Å²) >= 11 is 0. The van der Waals surface area contributed by atoms with Gasteiger partial charge in [-0.2, -0.15) is 0 Å². The lowest BCUT2D eigenvalue weighted by atomic mass is 10.1. The van der Waals surface area contributed by atoms with E-state index in [0.717, 1.165) is 41.6 Å². The number of guanidine groups is 1. The van der Waals surface area contributed by atoms with Crippen LogP contribution in [0.25, 0.3) is 0 Å². The van der Waals surface area contributed by atoms with Crippen LogP contribution in [0.2, 0.25) is 0 Å². The van der Waals surface area contributed by atoms with E-state index >= 15 is 0 Å². The molecule has 2 N–H and O–H groups in total. The summed E-state index contributed by atoms with van der Waals surface area (Å²) in [6.45, 7) is 8.40. The Hall–Kier alpha value is -1.78. The SMILES string of the molecule is CCOCCOc1cc(C)ccc1CNC(=NC)NCCCOCc1ccco1.I. The third-order valence-electron chi connectivity index (χ3n) is 4.16. The Kier molecular flexibility index (Phi) is 14.0. The van der Waals surface area contributed by atoms with E-state index in [0.29, 0.717) is 39.6 Å². The lowest BCUT2D eigenvalue weighted by Crippen LogP contribution is -2.37. The van der Waals surface area contributed by atoms with Crippen LogP contribution in [0, 0.1) is 6.92 Å². The number of hydrogen-bond acceptors (Lipinski definition) is 5. The van der Waals surface area contributed by atoms with Crippen molar-refractivity contribution in [2.75, 3.05) is 40.0 Å². The quantitative estimate of drug-likeness (QED) is 0.177. The van der Waals surface area contributed by atoms with E-state index in [1.165, 1.54) is 0 Å². The van der Waals surface area contributed by atoms with Crippen molar-refractivity contribution in [1.82, 2.24) is 10.6 Å². The van der Waals surface area contributed by atoms with Gasteiger partial charge in [-0.05, 0) is 44.0 Å². The predicted octanol–water partition coefficient (Wildman–Crippen LogP) is 3.89. The third-order valence-corrected chi connectivity index (χ3v) is 4.16. The van der Waals surface area contributed by atoms with Gasteiger partial charge in [0.05, 0.1) is 12.9 Å². The number of rotatable bonds is 13. The van der Waals surface area contributed by atoms with Crippen LogP contribution in [0.4, 0.5) is 0 Å². The van der Waals surface area contributed by atoms with Crippen LogP contribution in [-0.2, 0) is 22.6 Å². The summed E-state index contributed by atoms with van der Waals surface area (Å²) in [4.78, 5) is 4.27. The molecule has 8 heteroatoms. The molecule has 0 aliphatic rings. The smallest absolute Gasteiger partial charge is 0.191 e. The molecule has 168 valence electrons. The molecule has 0 saturated carbocycles. The minimum atomic E-state index is 0. The maximum absolute atomic E-state index is 5.89. The van der Waals surface area contributed by atoms with Crippen molar-refractivity contribution in [2.45, 2.75) is 33.4 Å². The second-order valence-corrected chi connectivity index (χ2v) is 6.49. The van der Waals surface area contributed by atoms with Gasteiger partial charge in [-0.15, -0.1) is 24.0 Å². The summed E-state index contributed by atoms with van der Waals surface area (Å²) in [5.74, 6) is 2.46. The molecule has 0 aliphatic heterocycles. The molecule has 0 unspecified atom stereocenters. The number of ether oxygens (including phenoxy) is 3. The van der Waals surface area contributed by atoms with Crippen LogP contribution >= 0.6 is 24.0 Å². The van der Waals surface area contributed by atoms with Crippen molar-refractivity contribution in [2.24, 2.45) is 4.99 Å². The Morgan fingerprint density at radius 3 is 2.70 bits per heavy atom. The van der Waals surface area contributed by atoms with Gasteiger partial charge in [0.15, 0.2) is 5.96 Å². The number of aliphatic imine (C=N–C) groups is 1. The number of aryl methyl sites for hydroxylation is 1. The second-order valence-electron chi connectivity index (χ2n) is 6.49. The van der Waals surface area contributed by atoms with E-state index in [4.69, 9.17) is 18.6 Å². The van der Waals surface area contributed by atoms with Crippen LogP contribution < -0.4 is 15.4 Å². The zero-order valence-corrected chi connectivity index (χ0v) is 20.4. The molecule has 0 saturated heterocycles. The Balaban J connectivity index is 0.00000450. The molecular weight excluding hydrogens is 497 g/mol. The molecule has 0 radical (unpaired) electrons. The van der Waals surface area contributed by atoms with E-state index in [2.05, 4.69) is 40.7 Å². The molecule has 30 heavy (non-hydrogen) atoms. The zero-order chi connectivity index (χ0) is 20.7. The summed E-state index contributed by atoms with van der Waals surface area (Å²) < 4.78 is 22.1. The monoisotopic (exact) mass is 531 g/mol. The fourth-order valence-corrected chi connectivity index (χ4v) is 2.65. The molecule has 2 aromatic rings. The largest absolute Gasteiger partial charge is 0.491 e. The number of furan rings is 1. The van der Waals surface area contributed by atoms with Crippen LogP contribution in [0.15, 0.2) is 46.0 Å². The fourth-order valence-electron chi connectivity index (χ4n) is 2.65. The van der Waals surface area contributed by atoms with Gasteiger partial charge in [0.2, 0.25) is 0 Å². The van der Waals surface area contributed by atoms with Gasteiger partial charge in [-0.25, -0.2) is 0 Å². The van der Waals surface area contributed by atoms with E-state index in [-0.39, 0.29) is 24.0 Å². The Labute approximate surface area is 196 Å². The molecule has 0 amide bonds. The van der Waals surface area contributed by atoms with Gasteiger partial charge in [-0.3, -0.25) is 4.99 Å². The second kappa shape index (κ2) is 16.0. The highest BCUT2D eigenvalue weighted by atomic mass is 127. The molecule has 1 aromatic heterocycles. The summed E-state index contributed by atoms with van der Waals surface area (Å²) in [7, 11) is 1.76. The zero-order valence-electron chi connectivity index (χ0n) is 18.1. The maximum Gasteiger partial charge on any atom is 0.191 e. The van der Waals surface area contributed by atoms with Gasteiger partial charge in [0.25, 0.3) is 0 Å². The Morgan fingerprint density at radius 2 is 1.97 bits per heavy atom. The number of halogens is 1. The summed E-state index contributed by atoms with van der Waals surface area (Å²) in [6.07, 6.45) is 2.52. The number of benzene rings is 1. The van der Waals surface area contributed by atoms with Gasteiger partial charge >= 0.3 is 0 Å². The average molecular weight is 531 g/mol. The predicted molar refractivity (Wildman–Crippen MR) is 130 cm³/mol. The van der Waals surface area contributed by atoms with Crippen LogP contribution in [-0.4, -0.2) is 46.0 Å². The highest BCUT2D eigenvalue weighted by molar-refractivity contribution is 14.0. The standard InChI is InChI=1S/C22H33N3O4.HI/c1-4-26-13-14-29-21-15-18(2)8-9-19(21)16-25-22(23-3)24-10-6-11-27-17-20-7-5-12-28-20;/h5,7-9,12,15H,4,6,10-11,13-14,16-17H2,1-3H3,(H2,23,24,25);1H. The normalized spacial score (nSPS) is 11.1. The van der Waals surface area contributed by atoms with Crippen molar-refractivity contribution in [3.8, 4) is 5.75 Å². The van der Waals surface area contributed by atoms with Crippen molar-refractivity contribution < 1.29 is 18.6 Å². The molecule has 0 atom stereocenters. The fraction of sp³-hybridized carbons (Fsp3) is 0.500. The third kappa shape index (κ3) is 10.3. The molecule has 0 aliphatic carbocycles. The number of hydrogen-bond donors (Lipinski definition) is 2. The first-order valence-corrected chi connectivity index (χ1v) is 10.1. The van der Waals surface area contributed by atoms with E-state index in [1.54, 1.807) is 13.3 Å². The minimum Gasteiger partial charge on any atom is -0.491 e. The highest BCUT2D eigenvalue weighted by Crippen LogP contribution is 2.20. The molecule has 0 fully saturated rings. The summed E-state index contributed by atoms with van der Waals surface area (Å²) in [6, 6.07) is 9.98. The van der Waals surface area contributed by atoms with Gasteiger partial charge in [-0.1, -0.05) is 12.1 Å². The van der Waals surface area contributed by atoms with E-state index in [9.17, 15) is 0 Å². The number of nitrogens with zero attached hydrogens (tertiary/aromatic N) is 1. The minimum absolute atomic E-state index is 0. The van der Waals surface area contributed by atoms with Crippen LogP contribution in [0.3, 0.4) is 0 Å². The summed E-state index contributed by atoms with van der Waals surface area (Å²) in [5.41, 5.74) is 2.24. The van der Waals surface area contributed by atoms with Crippen molar-refractivity contribution in [1.29, 1.82) is 0 Å². The lowest BCUT2D eigenvalue weighted by Gasteiger charge is -2.15. The topological polar surface area (TPSA) is 77.2 Å². The van der Waals surface area contributed by atoms with Crippen molar-refractivity contribution in [3.63, 3.8) is 0 Å². The molecule has 1 heterocycles. The Bertz CT molecular complexity index is 723. The van der Waals surface area contributed by atoms with Crippen molar-refractivity contribution in [3.05, 3.63) is 53.5 Å².